The first-order chi connectivity index (χ1) is 12.4. The first-order valence-corrected chi connectivity index (χ1v) is 8.04. The molecule has 0 radical (unpaired) electrons. The number of halogens is 2. The van der Waals surface area contributed by atoms with Gasteiger partial charge in [-0.05, 0) is 19.1 Å². The highest BCUT2D eigenvalue weighted by Gasteiger charge is 2.23. The van der Waals surface area contributed by atoms with Gasteiger partial charge in [0, 0.05) is 24.6 Å². The highest BCUT2D eigenvalue weighted by atomic mass is 19.3. The maximum Gasteiger partial charge on any atom is 0.320 e. The summed E-state index contributed by atoms with van der Waals surface area (Å²) in [5.41, 5.74) is 2.00. The van der Waals surface area contributed by atoms with Gasteiger partial charge in [0.15, 0.2) is 5.65 Å². The number of pyridine rings is 1. The molecule has 0 spiro atoms. The number of fused-ring (bicyclic) bond motifs is 1. The van der Waals surface area contributed by atoms with Gasteiger partial charge in [0.25, 0.3) is 5.92 Å². The van der Waals surface area contributed by atoms with E-state index in [0.29, 0.717) is 34.8 Å². The van der Waals surface area contributed by atoms with Gasteiger partial charge < -0.3 is 5.32 Å². The molecule has 2 N–H and O–H groups in total. The summed E-state index contributed by atoms with van der Waals surface area (Å²) in [4.78, 5) is 24.6. The van der Waals surface area contributed by atoms with Crippen molar-refractivity contribution in [3.05, 3.63) is 48.2 Å². The van der Waals surface area contributed by atoms with Crippen LogP contribution in [0.3, 0.4) is 0 Å². The van der Waals surface area contributed by atoms with Gasteiger partial charge in [0.05, 0.1) is 11.9 Å². The summed E-state index contributed by atoms with van der Waals surface area (Å²) < 4.78 is 26.6. The van der Waals surface area contributed by atoms with Crippen molar-refractivity contribution in [1.29, 1.82) is 0 Å². The second-order valence-electron chi connectivity index (χ2n) is 5.74. The summed E-state index contributed by atoms with van der Waals surface area (Å²) in [5.74, 6) is -2.55. The van der Waals surface area contributed by atoms with E-state index in [2.05, 4.69) is 25.6 Å². The first kappa shape index (κ1) is 17.7. The van der Waals surface area contributed by atoms with Crippen LogP contribution in [0.25, 0.3) is 22.4 Å². The summed E-state index contributed by atoms with van der Waals surface area (Å²) >= 11 is 0. The van der Waals surface area contributed by atoms with Crippen molar-refractivity contribution in [2.45, 2.75) is 19.8 Å². The van der Waals surface area contributed by atoms with E-state index in [1.165, 1.54) is 12.1 Å². The molecule has 2 heterocycles. The highest BCUT2D eigenvalue weighted by molar-refractivity contribution is 5.89. The van der Waals surface area contributed by atoms with Crippen molar-refractivity contribution in [3.63, 3.8) is 0 Å². The van der Waals surface area contributed by atoms with Crippen LogP contribution >= 0.6 is 0 Å². The molecule has 1 aromatic carbocycles. The molecule has 0 saturated heterocycles. The third-order valence-corrected chi connectivity index (χ3v) is 3.67. The molecular formula is C18H17F2N5O. The maximum atomic E-state index is 13.3. The lowest BCUT2D eigenvalue weighted by Gasteiger charge is -2.11. The predicted molar refractivity (Wildman–Crippen MR) is 95.0 cm³/mol. The average molecular weight is 357 g/mol. The fraction of sp³-hybridized carbons (Fsp3) is 0.222. The molecular weight excluding hydrogens is 340 g/mol. The maximum absolute atomic E-state index is 13.3. The summed E-state index contributed by atoms with van der Waals surface area (Å²) in [6.07, 6.45) is 1.56. The van der Waals surface area contributed by atoms with Gasteiger partial charge in [0.1, 0.15) is 11.3 Å². The number of rotatable bonds is 4. The minimum Gasteiger partial charge on any atom is -0.338 e. The van der Waals surface area contributed by atoms with Gasteiger partial charge in [-0.1, -0.05) is 24.3 Å². The molecule has 0 aliphatic rings. The molecule has 0 aliphatic carbocycles. The monoisotopic (exact) mass is 357 g/mol. The number of hydrogen-bond donors (Lipinski definition) is 2. The van der Waals surface area contributed by atoms with Crippen molar-refractivity contribution >= 4 is 23.0 Å². The second-order valence-corrected chi connectivity index (χ2v) is 5.74. The lowest BCUT2D eigenvalue weighted by Crippen LogP contribution is -2.28. The van der Waals surface area contributed by atoms with Gasteiger partial charge >= 0.3 is 6.03 Å². The molecule has 0 fully saturated rings. The number of urea groups is 1. The average Bonchev–Trinajstić information content (AvgIpc) is 2.60. The van der Waals surface area contributed by atoms with E-state index in [0.717, 1.165) is 6.92 Å². The van der Waals surface area contributed by atoms with Gasteiger partial charge in [0.2, 0.25) is 0 Å². The van der Waals surface area contributed by atoms with Crippen LogP contribution < -0.4 is 10.6 Å². The number of nitrogens with zero attached hydrogens (tertiary/aromatic N) is 3. The van der Waals surface area contributed by atoms with Gasteiger partial charge in [-0.25, -0.2) is 23.5 Å². The summed E-state index contributed by atoms with van der Waals surface area (Å²) in [6.45, 7) is 3.16. The van der Waals surface area contributed by atoms with Crippen LogP contribution in [0, 0.1) is 0 Å². The lowest BCUT2D eigenvalue weighted by atomic mass is 10.1. The van der Waals surface area contributed by atoms with Crippen molar-refractivity contribution in [2.75, 3.05) is 11.9 Å². The van der Waals surface area contributed by atoms with Crippen LogP contribution in [0.1, 0.15) is 19.4 Å². The van der Waals surface area contributed by atoms with Crippen LogP contribution in [0.5, 0.6) is 0 Å². The Morgan fingerprint density at radius 2 is 1.85 bits per heavy atom. The molecule has 8 heteroatoms. The lowest BCUT2D eigenvalue weighted by molar-refractivity contribution is 0.0175. The van der Waals surface area contributed by atoms with Crippen LogP contribution in [0.4, 0.5) is 19.4 Å². The van der Waals surface area contributed by atoms with E-state index in [1.54, 1.807) is 30.5 Å². The number of carbonyl (C=O) groups excluding carboxylic acids is 1. The molecule has 6 nitrogen and oxygen atoms in total. The Morgan fingerprint density at radius 3 is 2.50 bits per heavy atom. The Kier molecular flexibility index (Phi) is 4.75. The van der Waals surface area contributed by atoms with Gasteiger partial charge in [-0.3, -0.25) is 10.3 Å². The van der Waals surface area contributed by atoms with Crippen molar-refractivity contribution in [3.8, 4) is 11.3 Å². The van der Waals surface area contributed by atoms with E-state index in [9.17, 15) is 13.6 Å². The molecule has 134 valence electrons. The van der Waals surface area contributed by atoms with E-state index in [4.69, 9.17) is 0 Å². The highest BCUT2D eigenvalue weighted by Crippen LogP contribution is 2.28. The molecule has 26 heavy (non-hydrogen) atoms. The van der Waals surface area contributed by atoms with E-state index in [-0.39, 0.29) is 11.6 Å². The van der Waals surface area contributed by atoms with Crippen LogP contribution in [0.15, 0.2) is 42.6 Å². The number of aromatic nitrogens is 3. The number of amides is 2. The Labute approximate surface area is 148 Å². The zero-order chi connectivity index (χ0) is 18.7. The van der Waals surface area contributed by atoms with E-state index >= 15 is 0 Å². The van der Waals surface area contributed by atoms with E-state index in [1.807, 2.05) is 6.92 Å². The molecule has 0 bridgehead atoms. The minimum atomic E-state index is -2.89. The second kappa shape index (κ2) is 6.99. The molecule has 0 aliphatic heterocycles. The number of carbonyl (C=O) groups is 1. The van der Waals surface area contributed by atoms with Crippen LogP contribution in [0.2, 0.25) is 0 Å². The molecule has 3 aromatic rings. The molecule has 0 unspecified atom stereocenters. The fourth-order valence-corrected chi connectivity index (χ4v) is 2.36. The Balaban J connectivity index is 1.91. The third-order valence-electron chi connectivity index (χ3n) is 3.67. The smallest absolute Gasteiger partial charge is 0.320 e. The summed E-state index contributed by atoms with van der Waals surface area (Å²) in [7, 11) is 0. The number of alkyl halides is 2. The quantitative estimate of drug-likeness (QED) is 0.741. The van der Waals surface area contributed by atoms with Crippen LogP contribution in [-0.2, 0) is 5.92 Å². The number of anilines is 1. The van der Waals surface area contributed by atoms with E-state index < -0.39 is 5.92 Å². The van der Waals surface area contributed by atoms with Crippen molar-refractivity contribution in [1.82, 2.24) is 20.3 Å². The molecule has 0 atom stereocenters. The number of benzene rings is 1. The zero-order valence-corrected chi connectivity index (χ0v) is 14.3. The van der Waals surface area contributed by atoms with Gasteiger partial charge in [-0.15, -0.1) is 0 Å². The Hall–Kier alpha value is -3.16. The SMILES string of the molecule is CCNC(=O)Nc1ccc2ncc(-c3ccc(C(C)(F)F)cc3)nc2n1. The molecule has 0 saturated carbocycles. The summed E-state index contributed by atoms with van der Waals surface area (Å²) in [5, 5.41) is 5.22. The largest absolute Gasteiger partial charge is 0.338 e. The molecule has 3 rings (SSSR count). The standard InChI is InChI=1S/C18H17F2N5O/c1-3-21-17(26)25-15-9-8-13-16(24-15)23-14(10-22-13)11-4-6-12(7-5-11)18(2,19)20/h4-10H,3H2,1-2H3,(H2,21,23,24,25,26). The number of hydrogen-bond acceptors (Lipinski definition) is 4. The Morgan fingerprint density at radius 1 is 1.12 bits per heavy atom. The van der Waals surface area contributed by atoms with Crippen molar-refractivity contribution < 1.29 is 13.6 Å². The van der Waals surface area contributed by atoms with Crippen LogP contribution in [-0.4, -0.2) is 27.5 Å². The predicted octanol–water partition coefficient (Wildman–Crippen LogP) is 3.94. The Bertz CT molecular complexity index is 938. The molecule has 2 aromatic heterocycles. The fourth-order valence-electron chi connectivity index (χ4n) is 2.36. The summed E-state index contributed by atoms with van der Waals surface area (Å²) in [6, 6.07) is 8.83. The van der Waals surface area contributed by atoms with Crippen molar-refractivity contribution in [2.24, 2.45) is 0 Å². The molecule has 2 amide bonds. The first-order valence-electron chi connectivity index (χ1n) is 8.04. The minimum absolute atomic E-state index is 0.0680. The zero-order valence-electron chi connectivity index (χ0n) is 14.3. The third kappa shape index (κ3) is 3.90. The van der Waals surface area contributed by atoms with Gasteiger partial charge in [-0.2, -0.15) is 0 Å². The number of nitrogens with one attached hydrogen (secondary N) is 2. The normalized spacial score (nSPS) is 11.4. The topological polar surface area (TPSA) is 79.8 Å².